The maximum absolute atomic E-state index is 11.5. The van der Waals surface area contributed by atoms with E-state index < -0.39 is 0 Å². The van der Waals surface area contributed by atoms with Crippen molar-refractivity contribution >= 4 is 28.4 Å². The minimum Gasteiger partial charge on any atom is -0.366 e. The Morgan fingerprint density at radius 3 is 3.00 bits per heavy atom. The van der Waals surface area contributed by atoms with Gasteiger partial charge in [-0.25, -0.2) is 4.98 Å². The first-order valence-corrected chi connectivity index (χ1v) is 7.21. The minimum absolute atomic E-state index is 0.0687. The lowest BCUT2D eigenvalue weighted by molar-refractivity contribution is 0.391. The average molecular weight is 347 g/mol. The van der Waals surface area contributed by atoms with Crippen molar-refractivity contribution < 1.29 is 0 Å². The van der Waals surface area contributed by atoms with E-state index in [2.05, 4.69) is 29.1 Å². The molecule has 1 aliphatic carbocycles. The summed E-state index contributed by atoms with van der Waals surface area (Å²) >= 11 is 2.04. The van der Waals surface area contributed by atoms with Crippen molar-refractivity contribution in [1.29, 1.82) is 0 Å². The predicted octanol–water partition coefficient (Wildman–Crippen LogP) is 2.61. The summed E-state index contributed by atoms with van der Waals surface area (Å²) in [5.74, 6) is 2.17. The summed E-state index contributed by atoms with van der Waals surface area (Å²) in [6.07, 6.45) is 5.14. The van der Waals surface area contributed by atoms with Crippen molar-refractivity contribution in [3.8, 4) is 0 Å². The predicted molar refractivity (Wildman–Crippen MR) is 77.2 cm³/mol. The molecule has 3 unspecified atom stereocenters. The van der Waals surface area contributed by atoms with E-state index in [0.29, 0.717) is 15.5 Å². The van der Waals surface area contributed by atoms with E-state index in [9.17, 15) is 4.79 Å². The van der Waals surface area contributed by atoms with Gasteiger partial charge in [0.15, 0.2) is 0 Å². The highest BCUT2D eigenvalue weighted by Gasteiger charge is 2.31. The van der Waals surface area contributed by atoms with Crippen LogP contribution in [-0.2, 0) is 0 Å². The van der Waals surface area contributed by atoms with Crippen LogP contribution in [0.1, 0.15) is 33.1 Å². The first-order valence-electron chi connectivity index (χ1n) is 6.13. The fourth-order valence-electron chi connectivity index (χ4n) is 2.69. The number of hydrogen-bond acceptors (Lipinski definition) is 3. The largest absolute Gasteiger partial charge is 0.366 e. The lowest BCUT2D eigenvalue weighted by Crippen LogP contribution is -2.27. The van der Waals surface area contributed by atoms with Crippen molar-refractivity contribution in [3.63, 3.8) is 0 Å². The maximum atomic E-state index is 11.5. The third-order valence-electron chi connectivity index (χ3n) is 3.87. The van der Waals surface area contributed by atoms with Crippen molar-refractivity contribution in [1.82, 2.24) is 9.97 Å². The van der Waals surface area contributed by atoms with Gasteiger partial charge in [0.05, 0.1) is 6.33 Å². The molecule has 2 N–H and O–H groups in total. The fourth-order valence-corrected chi connectivity index (χ4v) is 3.14. The molecule has 0 aliphatic heterocycles. The molecule has 1 aromatic heterocycles. The van der Waals surface area contributed by atoms with Gasteiger partial charge >= 0.3 is 0 Å². The first kappa shape index (κ1) is 12.9. The number of anilines is 1. The monoisotopic (exact) mass is 347 g/mol. The highest BCUT2D eigenvalue weighted by Crippen LogP contribution is 2.35. The van der Waals surface area contributed by atoms with Crippen LogP contribution in [0.25, 0.3) is 0 Å². The highest BCUT2D eigenvalue weighted by molar-refractivity contribution is 14.1. The fraction of sp³-hybridized carbons (Fsp3) is 0.667. The topological polar surface area (TPSA) is 57.8 Å². The summed E-state index contributed by atoms with van der Waals surface area (Å²) in [7, 11) is 0. The molecule has 1 saturated carbocycles. The Labute approximate surface area is 115 Å². The third-order valence-corrected chi connectivity index (χ3v) is 4.87. The summed E-state index contributed by atoms with van der Waals surface area (Å²) in [6.45, 7) is 4.54. The zero-order valence-electron chi connectivity index (χ0n) is 10.2. The second kappa shape index (κ2) is 5.37. The van der Waals surface area contributed by atoms with Gasteiger partial charge in [0.2, 0.25) is 0 Å². The van der Waals surface area contributed by atoms with Gasteiger partial charge in [-0.3, -0.25) is 4.79 Å². The summed E-state index contributed by atoms with van der Waals surface area (Å²) in [4.78, 5) is 18.3. The Hall–Kier alpha value is -0.590. The molecule has 5 heteroatoms. The van der Waals surface area contributed by atoms with Crippen LogP contribution in [0.4, 0.5) is 5.82 Å². The number of nitrogens with one attached hydrogen (secondary N) is 2. The molecule has 0 bridgehead atoms. The average Bonchev–Trinajstić information content (AvgIpc) is 2.66. The van der Waals surface area contributed by atoms with E-state index in [1.807, 2.05) is 22.6 Å². The molecule has 1 fully saturated rings. The van der Waals surface area contributed by atoms with E-state index in [1.165, 1.54) is 25.6 Å². The number of nitrogens with zero attached hydrogens (tertiary/aromatic N) is 1. The lowest BCUT2D eigenvalue weighted by atomic mass is 9.93. The number of aromatic nitrogens is 2. The molecule has 3 atom stereocenters. The van der Waals surface area contributed by atoms with Crippen molar-refractivity contribution in [2.45, 2.75) is 39.2 Å². The molecule has 0 spiro atoms. The molecule has 94 valence electrons. The lowest BCUT2D eigenvalue weighted by Gasteiger charge is -2.21. The van der Waals surface area contributed by atoms with Crippen molar-refractivity contribution in [3.05, 3.63) is 20.3 Å². The zero-order valence-corrected chi connectivity index (χ0v) is 12.3. The summed E-state index contributed by atoms with van der Waals surface area (Å²) in [6, 6.07) is 0.447. The normalized spacial score (nSPS) is 28.3. The number of hydrogen-bond donors (Lipinski definition) is 2. The van der Waals surface area contributed by atoms with Gasteiger partial charge < -0.3 is 10.3 Å². The molecule has 1 heterocycles. The van der Waals surface area contributed by atoms with E-state index in [-0.39, 0.29) is 5.56 Å². The molecular weight excluding hydrogens is 329 g/mol. The summed E-state index contributed by atoms with van der Waals surface area (Å²) in [5, 5.41) is 3.43. The van der Waals surface area contributed by atoms with E-state index in [1.54, 1.807) is 0 Å². The molecule has 4 nitrogen and oxygen atoms in total. The van der Waals surface area contributed by atoms with Crippen LogP contribution in [0.2, 0.25) is 0 Å². The van der Waals surface area contributed by atoms with Gasteiger partial charge in [0, 0.05) is 6.04 Å². The molecule has 0 aromatic carbocycles. The van der Waals surface area contributed by atoms with Crippen LogP contribution >= 0.6 is 22.6 Å². The molecule has 1 aromatic rings. The van der Waals surface area contributed by atoms with Crippen LogP contribution in [0.3, 0.4) is 0 Å². The molecule has 17 heavy (non-hydrogen) atoms. The third kappa shape index (κ3) is 2.64. The number of H-pyrrole nitrogens is 1. The number of halogens is 1. The molecular formula is C12H18IN3O. The smallest absolute Gasteiger partial charge is 0.266 e. The summed E-state index contributed by atoms with van der Waals surface area (Å²) < 4.78 is 0.650. The SMILES string of the molecule is CCC1CCC(Nc2nc[nH]c(=O)c2I)C1C. The molecule has 1 aliphatic rings. The Morgan fingerprint density at radius 1 is 1.59 bits per heavy atom. The van der Waals surface area contributed by atoms with Crippen molar-refractivity contribution in [2.75, 3.05) is 5.32 Å². The van der Waals surface area contributed by atoms with Crippen LogP contribution < -0.4 is 10.9 Å². The molecule has 2 rings (SSSR count). The zero-order chi connectivity index (χ0) is 12.4. The summed E-state index contributed by atoms with van der Waals surface area (Å²) in [5.41, 5.74) is -0.0687. The maximum Gasteiger partial charge on any atom is 0.266 e. The molecule has 0 radical (unpaired) electrons. The van der Waals surface area contributed by atoms with Gasteiger partial charge in [0.25, 0.3) is 5.56 Å². The first-order chi connectivity index (χ1) is 8.13. The second-order valence-corrected chi connectivity index (χ2v) is 5.83. The number of aromatic amines is 1. The Balaban J connectivity index is 2.12. The van der Waals surface area contributed by atoms with Crippen LogP contribution in [0.5, 0.6) is 0 Å². The van der Waals surface area contributed by atoms with Gasteiger partial charge in [-0.1, -0.05) is 20.3 Å². The molecule has 0 saturated heterocycles. The Bertz CT molecular complexity index is 446. The highest BCUT2D eigenvalue weighted by atomic mass is 127. The van der Waals surface area contributed by atoms with Gasteiger partial charge in [0.1, 0.15) is 9.39 Å². The Kier molecular flexibility index (Phi) is 4.06. The van der Waals surface area contributed by atoms with Crippen LogP contribution in [0, 0.1) is 15.4 Å². The minimum atomic E-state index is -0.0687. The van der Waals surface area contributed by atoms with Crippen LogP contribution in [-0.4, -0.2) is 16.0 Å². The van der Waals surface area contributed by atoms with Gasteiger partial charge in [-0.05, 0) is 47.3 Å². The van der Waals surface area contributed by atoms with E-state index in [0.717, 1.165) is 11.7 Å². The Morgan fingerprint density at radius 2 is 2.35 bits per heavy atom. The van der Waals surface area contributed by atoms with E-state index in [4.69, 9.17) is 0 Å². The van der Waals surface area contributed by atoms with Crippen LogP contribution in [0.15, 0.2) is 11.1 Å². The number of rotatable bonds is 3. The van der Waals surface area contributed by atoms with E-state index >= 15 is 0 Å². The second-order valence-electron chi connectivity index (χ2n) is 4.75. The molecule has 0 amide bonds. The quantitative estimate of drug-likeness (QED) is 0.827. The van der Waals surface area contributed by atoms with Crippen molar-refractivity contribution in [2.24, 2.45) is 11.8 Å². The van der Waals surface area contributed by atoms with Gasteiger partial charge in [-0.2, -0.15) is 0 Å². The van der Waals surface area contributed by atoms with Gasteiger partial charge in [-0.15, -0.1) is 0 Å². The standard InChI is InChI=1S/C12H18IN3O/c1-3-8-4-5-9(7(8)2)16-11-10(13)12(17)15-6-14-11/h6-9H,3-5H2,1-2H3,(H2,14,15,16,17).